The van der Waals surface area contributed by atoms with E-state index in [0.717, 1.165) is 0 Å². The molecule has 0 aromatic heterocycles. The van der Waals surface area contributed by atoms with E-state index in [2.05, 4.69) is 5.32 Å². The van der Waals surface area contributed by atoms with Crippen LogP contribution in [0.2, 0.25) is 0 Å². The van der Waals surface area contributed by atoms with Crippen LogP contribution in [-0.4, -0.2) is 72.5 Å². The molecule has 2 atom stereocenters. The van der Waals surface area contributed by atoms with E-state index < -0.39 is 23.9 Å². The Balaban J connectivity index is 1.34. The van der Waals surface area contributed by atoms with Crippen LogP contribution in [0.15, 0.2) is 48.5 Å². The number of nitrogens with one attached hydrogen (secondary N) is 1. The summed E-state index contributed by atoms with van der Waals surface area (Å²) in [5, 5.41) is 2.68. The van der Waals surface area contributed by atoms with Crippen LogP contribution in [-0.2, 0) is 9.59 Å². The fourth-order valence-electron chi connectivity index (χ4n) is 4.07. The summed E-state index contributed by atoms with van der Waals surface area (Å²) in [5.74, 6) is -0.763. The average Bonchev–Trinajstić information content (AvgIpc) is 2.86. The maximum absolute atomic E-state index is 14.0. The Morgan fingerprint density at radius 2 is 1.56 bits per heavy atom. The standard InChI is InChI=1S/C25H28FN3O5/c1-16(2)22(27-23(30)17-7-3-4-8-18(17)26)25(32)29-13-11-28(12-14-29)24(31)21-15-33-19-9-5-6-10-20(19)34-21/h3-10,16,21-22H,11-15H2,1-2H3,(H,27,30)/t21-,22-/m0/s1. The van der Waals surface area contributed by atoms with Crippen molar-refractivity contribution in [2.75, 3.05) is 32.8 Å². The summed E-state index contributed by atoms with van der Waals surface area (Å²) in [4.78, 5) is 42.0. The minimum atomic E-state index is -0.805. The molecule has 0 spiro atoms. The Kier molecular flexibility index (Phi) is 7.00. The number of ether oxygens (including phenoxy) is 2. The molecule has 0 saturated carbocycles. The predicted octanol–water partition coefficient (Wildman–Crippen LogP) is 2.09. The number of para-hydroxylation sites is 2. The zero-order valence-electron chi connectivity index (χ0n) is 19.2. The van der Waals surface area contributed by atoms with Crippen LogP contribution >= 0.6 is 0 Å². The number of piperazine rings is 1. The molecule has 9 heteroatoms. The number of carbonyl (C=O) groups is 3. The van der Waals surface area contributed by atoms with Gasteiger partial charge in [0.05, 0.1) is 5.56 Å². The van der Waals surface area contributed by atoms with Gasteiger partial charge in [0.2, 0.25) is 12.0 Å². The number of halogens is 1. The van der Waals surface area contributed by atoms with Crippen LogP contribution < -0.4 is 14.8 Å². The quantitative estimate of drug-likeness (QED) is 0.725. The number of hydrogen-bond acceptors (Lipinski definition) is 5. The van der Waals surface area contributed by atoms with Gasteiger partial charge in [0.15, 0.2) is 11.5 Å². The van der Waals surface area contributed by atoms with E-state index in [0.29, 0.717) is 37.7 Å². The van der Waals surface area contributed by atoms with Gasteiger partial charge in [-0.3, -0.25) is 14.4 Å². The third kappa shape index (κ3) is 4.98. The molecule has 1 saturated heterocycles. The van der Waals surface area contributed by atoms with Gasteiger partial charge >= 0.3 is 0 Å². The zero-order valence-corrected chi connectivity index (χ0v) is 19.2. The van der Waals surface area contributed by atoms with Crippen molar-refractivity contribution in [3.05, 3.63) is 59.9 Å². The molecule has 2 aromatic rings. The molecule has 0 radical (unpaired) electrons. The molecule has 2 heterocycles. The average molecular weight is 470 g/mol. The molecule has 0 unspecified atom stereocenters. The zero-order chi connectivity index (χ0) is 24.2. The smallest absolute Gasteiger partial charge is 0.267 e. The van der Waals surface area contributed by atoms with Crippen molar-refractivity contribution in [3.63, 3.8) is 0 Å². The Morgan fingerprint density at radius 1 is 0.941 bits per heavy atom. The monoisotopic (exact) mass is 469 g/mol. The molecule has 2 aliphatic heterocycles. The van der Waals surface area contributed by atoms with Gasteiger partial charge in [-0.1, -0.05) is 38.1 Å². The van der Waals surface area contributed by atoms with Crippen LogP contribution in [0.1, 0.15) is 24.2 Å². The normalized spacial score (nSPS) is 18.4. The van der Waals surface area contributed by atoms with Crippen LogP contribution in [0.3, 0.4) is 0 Å². The van der Waals surface area contributed by atoms with E-state index in [1.165, 1.54) is 18.2 Å². The molecule has 2 aliphatic rings. The van der Waals surface area contributed by atoms with Crippen LogP contribution in [0, 0.1) is 11.7 Å². The van der Waals surface area contributed by atoms with E-state index in [-0.39, 0.29) is 29.9 Å². The Hall–Kier alpha value is -3.62. The molecule has 34 heavy (non-hydrogen) atoms. The first kappa shape index (κ1) is 23.5. The Bertz CT molecular complexity index is 1070. The second kappa shape index (κ2) is 10.1. The summed E-state index contributed by atoms with van der Waals surface area (Å²) in [5.41, 5.74) is -0.104. The second-order valence-electron chi connectivity index (χ2n) is 8.69. The van der Waals surface area contributed by atoms with E-state index in [9.17, 15) is 18.8 Å². The molecule has 1 fully saturated rings. The number of nitrogens with zero attached hydrogens (tertiary/aromatic N) is 2. The van der Waals surface area contributed by atoms with Gasteiger partial charge in [0, 0.05) is 26.2 Å². The number of amides is 3. The fourth-order valence-corrected chi connectivity index (χ4v) is 4.07. The van der Waals surface area contributed by atoms with E-state index in [4.69, 9.17) is 9.47 Å². The molecule has 8 nitrogen and oxygen atoms in total. The van der Waals surface area contributed by atoms with Gasteiger partial charge in [-0.2, -0.15) is 0 Å². The minimum absolute atomic E-state index is 0.104. The van der Waals surface area contributed by atoms with Crippen molar-refractivity contribution >= 4 is 17.7 Å². The minimum Gasteiger partial charge on any atom is -0.485 e. The summed E-state index contributed by atoms with van der Waals surface area (Å²) in [7, 11) is 0. The summed E-state index contributed by atoms with van der Waals surface area (Å²) in [6.07, 6.45) is -0.736. The highest BCUT2D eigenvalue weighted by Crippen LogP contribution is 2.31. The lowest BCUT2D eigenvalue weighted by Crippen LogP contribution is -2.59. The van der Waals surface area contributed by atoms with Crippen LogP contribution in [0.25, 0.3) is 0 Å². The van der Waals surface area contributed by atoms with E-state index >= 15 is 0 Å². The van der Waals surface area contributed by atoms with Crippen LogP contribution in [0.5, 0.6) is 11.5 Å². The van der Waals surface area contributed by atoms with Gasteiger partial charge in [-0.05, 0) is 30.2 Å². The largest absolute Gasteiger partial charge is 0.485 e. The summed E-state index contributed by atoms with van der Waals surface area (Å²) < 4.78 is 25.4. The summed E-state index contributed by atoms with van der Waals surface area (Å²) in [6.45, 7) is 5.12. The Morgan fingerprint density at radius 3 is 2.24 bits per heavy atom. The maximum Gasteiger partial charge on any atom is 0.267 e. The molecule has 0 bridgehead atoms. The molecular weight excluding hydrogens is 441 g/mol. The maximum atomic E-state index is 14.0. The van der Waals surface area contributed by atoms with E-state index in [1.807, 2.05) is 26.0 Å². The van der Waals surface area contributed by atoms with Crippen molar-refractivity contribution in [3.8, 4) is 11.5 Å². The third-order valence-corrected chi connectivity index (χ3v) is 6.02. The highest BCUT2D eigenvalue weighted by atomic mass is 19.1. The highest BCUT2D eigenvalue weighted by molar-refractivity contribution is 5.97. The van der Waals surface area contributed by atoms with E-state index in [1.54, 1.807) is 28.0 Å². The van der Waals surface area contributed by atoms with Gasteiger partial charge in [0.25, 0.3) is 11.8 Å². The number of fused-ring (bicyclic) bond motifs is 1. The van der Waals surface area contributed by atoms with Crippen LogP contribution in [0.4, 0.5) is 4.39 Å². The molecule has 1 N–H and O–H groups in total. The van der Waals surface area contributed by atoms with Crippen molar-refractivity contribution in [1.82, 2.24) is 15.1 Å². The first-order chi connectivity index (χ1) is 16.3. The second-order valence-corrected chi connectivity index (χ2v) is 8.69. The molecule has 2 aromatic carbocycles. The van der Waals surface area contributed by atoms with Crippen molar-refractivity contribution in [1.29, 1.82) is 0 Å². The number of benzene rings is 2. The van der Waals surface area contributed by atoms with Crippen molar-refractivity contribution < 1.29 is 28.2 Å². The number of rotatable bonds is 5. The lowest BCUT2D eigenvalue weighted by atomic mass is 10.0. The molecule has 3 amide bonds. The predicted molar refractivity (Wildman–Crippen MR) is 122 cm³/mol. The molecule has 180 valence electrons. The molecular formula is C25H28FN3O5. The molecule has 0 aliphatic carbocycles. The Labute approximate surface area is 197 Å². The first-order valence-electron chi connectivity index (χ1n) is 11.4. The summed E-state index contributed by atoms with van der Waals surface area (Å²) >= 11 is 0. The highest BCUT2D eigenvalue weighted by Gasteiger charge is 2.35. The molecule has 4 rings (SSSR count). The number of hydrogen-bond donors (Lipinski definition) is 1. The summed E-state index contributed by atoms with van der Waals surface area (Å²) in [6, 6.07) is 12.1. The lowest BCUT2D eigenvalue weighted by Gasteiger charge is -2.38. The topological polar surface area (TPSA) is 88.2 Å². The lowest BCUT2D eigenvalue weighted by molar-refractivity contribution is -0.147. The van der Waals surface area contributed by atoms with Crippen molar-refractivity contribution in [2.45, 2.75) is 26.0 Å². The van der Waals surface area contributed by atoms with Gasteiger partial charge < -0.3 is 24.6 Å². The van der Waals surface area contributed by atoms with Gasteiger partial charge in [-0.15, -0.1) is 0 Å². The third-order valence-electron chi connectivity index (χ3n) is 6.02. The first-order valence-corrected chi connectivity index (χ1v) is 11.4. The van der Waals surface area contributed by atoms with Gasteiger partial charge in [0.1, 0.15) is 18.5 Å². The van der Waals surface area contributed by atoms with Gasteiger partial charge in [-0.25, -0.2) is 4.39 Å². The number of carbonyl (C=O) groups excluding carboxylic acids is 3. The van der Waals surface area contributed by atoms with Crippen molar-refractivity contribution in [2.24, 2.45) is 5.92 Å². The SMILES string of the molecule is CC(C)[C@H](NC(=O)c1ccccc1F)C(=O)N1CCN(C(=O)[C@@H]2COc3ccccc3O2)CC1. The fraction of sp³-hybridized carbons (Fsp3) is 0.400.